The molecule has 7 heteroatoms. The SMILES string of the molecule is FC(F)(F)c1ccc(NC2C3CNCC32)nn1. The first-order valence-corrected chi connectivity index (χ1v) is 5.44. The monoisotopic (exact) mass is 244 g/mol. The maximum absolute atomic E-state index is 12.3. The minimum Gasteiger partial charge on any atom is -0.365 e. The van der Waals surface area contributed by atoms with Crippen molar-refractivity contribution in [2.24, 2.45) is 11.8 Å². The van der Waals surface area contributed by atoms with Gasteiger partial charge in [-0.2, -0.15) is 13.2 Å². The van der Waals surface area contributed by atoms with E-state index in [4.69, 9.17) is 0 Å². The molecule has 4 nitrogen and oxygen atoms in total. The maximum atomic E-state index is 12.3. The molecule has 1 saturated carbocycles. The molecule has 2 unspecified atom stereocenters. The molecule has 3 rings (SSSR count). The molecule has 2 N–H and O–H groups in total. The normalized spacial score (nSPS) is 31.1. The van der Waals surface area contributed by atoms with Gasteiger partial charge in [-0.1, -0.05) is 0 Å². The highest BCUT2D eigenvalue weighted by molar-refractivity contribution is 5.38. The van der Waals surface area contributed by atoms with Crippen LogP contribution in [0.2, 0.25) is 0 Å². The van der Waals surface area contributed by atoms with Gasteiger partial charge < -0.3 is 10.6 Å². The summed E-state index contributed by atoms with van der Waals surface area (Å²) in [5.74, 6) is 1.58. The average molecular weight is 244 g/mol. The van der Waals surface area contributed by atoms with Crippen molar-refractivity contribution in [2.75, 3.05) is 18.4 Å². The number of nitrogens with zero attached hydrogens (tertiary/aromatic N) is 2. The molecule has 1 aromatic heterocycles. The lowest BCUT2D eigenvalue weighted by Crippen LogP contribution is -2.22. The molecular formula is C10H11F3N4. The van der Waals surface area contributed by atoms with Gasteiger partial charge in [-0.05, 0) is 24.0 Å². The summed E-state index contributed by atoms with van der Waals surface area (Å²) in [4.78, 5) is 0. The number of fused-ring (bicyclic) bond motifs is 1. The fourth-order valence-corrected chi connectivity index (χ4v) is 2.36. The van der Waals surface area contributed by atoms with E-state index >= 15 is 0 Å². The van der Waals surface area contributed by atoms with E-state index in [0.29, 0.717) is 23.7 Å². The Morgan fingerprint density at radius 3 is 2.41 bits per heavy atom. The van der Waals surface area contributed by atoms with Crippen molar-refractivity contribution in [3.63, 3.8) is 0 Å². The fourth-order valence-electron chi connectivity index (χ4n) is 2.36. The minimum atomic E-state index is -4.43. The third-order valence-electron chi connectivity index (χ3n) is 3.36. The van der Waals surface area contributed by atoms with Crippen LogP contribution in [0.15, 0.2) is 12.1 Å². The molecule has 2 fully saturated rings. The topological polar surface area (TPSA) is 49.8 Å². The van der Waals surface area contributed by atoms with E-state index in [-0.39, 0.29) is 0 Å². The van der Waals surface area contributed by atoms with Gasteiger partial charge in [0.2, 0.25) is 0 Å². The Morgan fingerprint density at radius 2 is 1.88 bits per heavy atom. The smallest absolute Gasteiger partial charge is 0.365 e. The molecule has 0 spiro atoms. The van der Waals surface area contributed by atoms with Crippen molar-refractivity contribution < 1.29 is 13.2 Å². The highest BCUT2D eigenvalue weighted by atomic mass is 19.4. The average Bonchev–Trinajstić information content (AvgIpc) is 2.74. The predicted molar refractivity (Wildman–Crippen MR) is 54.3 cm³/mol. The third-order valence-corrected chi connectivity index (χ3v) is 3.36. The van der Waals surface area contributed by atoms with Gasteiger partial charge in [0.05, 0.1) is 0 Å². The van der Waals surface area contributed by atoms with Crippen LogP contribution in [0.1, 0.15) is 5.69 Å². The molecular weight excluding hydrogens is 233 g/mol. The lowest BCUT2D eigenvalue weighted by atomic mass is 10.3. The van der Waals surface area contributed by atoms with Crippen LogP contribution in [-0.4, -0.2) is 29.3 Å². The summed E-state index contributed by atoms with van der Waals surface area (Å²) in [5.41, 5.74) is -0.958. The first-order valence-electron chi connectivity index (χ1n) is 5.44. The van der Waals surface area contributed by atoms with Crippen LogP contribution in [0, 0.1) is 11.8 Å². The van der Waals surface area contributed by atoms with Gasteiger partial charge >= 0.3 is 6.18 Å². The predicted octanol–water partition coefficient (Wildman–Crippen LogP) is 1.13. The van der Waals surface area contributed by atoms with Crippen molar-refractivity contribution in [1.29, 1.82) is 0 Å². The molecule has 0 radical (unpaired) electrons. The first kappa shape index (κ1) is 10.8. The van der Waals surface area contributed by atoms with E-state index in [9.17, 15) is 13.2 Å². The second-order valence-corrected chi connectivity index (χ2v) is 4.46. The molecule has 1 aliphatic heterocycles. The number of nitrogens with one attached hydrogen (secondary N) is 2. The Balaban J connectivity index is 1.65. The zero-order valence-corrected chi connectivity index (χ0v) is 8.83. The third kappa shape index (κ3) is 1.95. The van der Waals surface area contributed by atoms with Gasteiger partial charge in [0.1, 0.15) is 5.82 Å². The number of halogens is 3. The van der Waals surface area contributed by atoms with E-state index in [1.165, 1.54) is 6.07 Å². The summed E-state index contributed by atoms with van der Waals surface area (Å²) in [6.45, 7) is 1.94. The van der Waals surface area contributed by atoms with Crippen LogP contribution in [0.4, 0.5) is 19.0 Å². The summed E-state index contributed by atoms with van der Waals surface area (Å²) < 4.78 is 36.8. The zero-order chi connectivity index (χ0) is 12.0. The van der Waals surface area contributed by atoms with Crippen LogP contribution < -0.4 is 10.6 Å². The number of piperidine rings is 1. The van der Waals surface area contributed by atoms with Crippen LogP contribution in [0.3, 0.4) is 0 Å². The largest absolute Gasteiger partial charge is 0.435 e. The second kappa shape index (κ2) is 3.56. The Hall–Kier alpha value is -1.37. The van der Waals surface area contributed by atoms with E-state index in [2.05, 4.69) is 20.8 Å². The highest BCUT2D eigenvalue weighted by Crippen LogP contribution is 2.43. The highest BCUT2D eigenvalue weighted by Gasteiger charge is 2.53. The van der Waals surface area contributed by atoms with E-state index in [1.807, 2.05) is 0 Å². The Kier molecular flexibility index (Phi) is 2.25. The molecule has 1 aliphatic carbocycles. The number of aromatic nitrogens is 2. The lowest BCUT2D eigenvalue weighted by molar-refractivity contribution is -0.141. The number of rotatable bonds is 2. The summed E-state index contributed by atoms with van der Waals surface area (Å²) >= 11 is 0. The molecule has 0 amide bonds. The fraction of sp³-hybridized carbons (Fsp3) is 0.600. The minimum absolute atomic E-state index is 0.335. The summed E-state index contributed by atoms with van der Waals surface area (Å²) in [6.07, 6.45) is -4.43. The van der Waals surface area contributed by atoms with Crippen LogP contribution >= 0.6 is 0 Å². The van der Waals surface area contributed by atoms with Crippen molar-refractivity contribution in [1.82, 2.24) is 15.5 Å². The van der Waals surface area contributed by atoms with Crippen molar-refractivity contribution in [3.8, 4) is 0 Å². The molecule has 0 bridgehead atoms. The summed E-state index contributed by atoms with van der Waals surface area (Å²) in [6, 6.07) is 2.62. The Labute approximate surface area is 95.6 Å². The molecule has 0 aromatic carbocycles. The van der Waals surface area contributed by atoms with Crippen LogP contribution in [0.5, 0.6) is 0 Å². The number of anilines is 1. The summed E-state index contributed by atoms with van der Waals surface area (Å²) in [7, 11) is 0. The van der Waals surface area contributed by atoms with Gasteiger partial charge in [-0.3, -0.25) is 0 Å². The first-order chi connectivity index (χ1) is 8.05. The van der Waals surface area contributed by atoms with E-state index in [1.54, 1.807) is 0 Å². The van der Waals surface area contributed by atoms with Gasteiger partial charge in [0.15, 0.2) is 5.69 Å². The standard InChI is InChI=1S/C10H11F3N4/c11-10(12,13)7-1-2-8(17-16-7)15-9-5-3-14-4-6(5)9/h1-2,5-6,9,14H,3-4H2,(H,15,17). The van der Waals surface area contributed by atoms with E-state index in [0.717, 1.165) is 19.2 Å². The van der Waals surface area contributed by atoms with Crippen LogP contribution in [0.25, 0.3) is 0 Å². The molecule has 1 aromatic rings. The van der Waals surface area contributed by atoms with Crippen molar-refractivity contribution in [3.05, 3.63) is 17.8 Å². The van der Waals surface area contributed by atoms with E-state index < -0.39 is 11.9 Å². The second-order valence-electron chi connectivity index (χ2n) is 4.46. The molecule has 1 saturated heterocycles. The van der Waals surface area contributed by atoms with Crippen LogP contribution in [-0.2, 0) is 6.18 Å². The van der Waals surface area contributed by atoms with Crippen molar-refractivity contribution >= 4 is 5.82 Å². The lowest BCUT2D eigenvalue weighted by Gasteiger charge is -2.09. The number of hydrogen-bond acceptors (Lipinski definition) is 4. The van der Waals surface area contributed by atoms with Gasteiger partial charge in [-0.25, -0.2) is 0 Å². The molecule has 92 valence electrons. The van der Waals surface area contributed by atoms with Gasteiger partial charge in [0.25, 0.3) is 0 Å². The molecule has 2 heterocycles. The molecule has 2 aliphatic rings. The Morgan fingerprint density at radius 1 is 1.18 bits per heavy atom. The number of alkyl halides is 3. The molecule has 2 atom stereocenters. The quantitative estimate of drug-likeness (QED) is 0.818. The molecule has 17 heavy (non-hydrogen) atoms. The number of hydrogen-bond donors (Lipinski definition) is 2. The Bertz CT molecular complexity index is 407. The zero-order valence-electron chi connectivity index (χ0n) is 8.83. The maximum Gasteiger partial charge on any atom is 0.435 e. The summed E-state index contributed by atoms with van der Waals surface area (Å²) in [5, 5.41) is 13.1. The van der Waals surface area contributed by atoms with Gasteiger partial charge in [-0.15, -0.1) is 10.2 Å². The van der Waals surface area contributed by atoms with Gasteiger partial charge in [0, 0.05) is 19.1 Å². The van der Waals surface area contributed by atoms with Crippen molar-refractivity contribution in [2.45, 2.75) is 12.2 Å².